The molecule has 5 heteroatoms. The highest BCUT2D eigenvalue weighted by Gasteiger charge is 2.32. The molecule has 19 heavy (non-hydrogen) atoms. The van der Waals surface area contributed by atoms with Crippen molar-refractivity contribution in [1.29, 1.82) is 0 Å². The standard InChI is InChI=1S/C14H27N3O2/c1-4-19-13(18)17-9-7-16(8-10-17)12-5-6-14(2,3)15-11-12/h12,15H,4-11H2,1-3H3. The minimum Gasteiger partial charge on any atom is -0.450 e. The van der Waals surface area contributed by atoms with Gasteiger partial charge < -0.3 is 15.0 Å². The minimum atomic E-state index is -0.162. The average molecular weight is 269 g/mol. The molecular formula is C14H27N3O2. The van der Waals surface area contributed by atoms with E-state index >= 15 is 0 Å². The Morgan fingerprint density at radius 2 is 2.00 bits per heavy atom. The van der Waals surface area contributed by atoms with E-state index in [1.165, 1.54) is 12.8 Å². The lowest BCUT2D eigenvalue weighted by Gasteiger charge is -2.44. The molecule has 5 nitrogen and oxygen atoms in total. The number of carbonyl (C=O) groups is 1. The summed E-state index contributed by atoms with van der Waals surface area (Å²) < 4.78 is 5.05. The van der Waals surface area contributed by atoms with Crippen molar-refractivity contribution < 1.29 is 9.53 Å². The van der Waals surface area contributed by atoms with E-state index in [9.17, 15) is 4.79 Å². The van der Waals surface area contributed by atoms with Crippen LogP contribution in [0.25, 0.3) is 0 Å². The Hall–Kier alpha value is -0.810. The monoisotopic (exact) mass is 269 g/mol. The second-order valence-corrected chi connectivity index (χ2v) is 6.18. The van der Waals surface area contributed by atoms with E-state index in [0.29, 0.717) is 12.6 Å². The first-order valence-electron chi connectivity index (χ1n) is 7.42. The fraction of sp³-hybridized carbons (Fsp3) is 0.929. The number of carbonyl (C=O) groups excluding carboxylic acids is 1. The molecule has 0 aliphatic carbocycles. The first-order chi connectivity index (χ1) is 9.02. The number of hydrogen-bond donors (Lipinski definition) is 1. The van der Waals surface area contributed by atoms with E-state index in [1.54, 1.807) is 0 Å². The predicted molar refractivity (Wildman–Crippen MR) is 75.3 cm³/mol. The first-order valence-corrected chi connectivity index (χ1v) is 7.42. The number of piperazine rings is 1. The Kier molecular flexibility index (Phi) is 4.68. The number of nitrogens with one attached hydrogen (secondary N) is 1. The molecule has 110 valence electrons. The molecule has 0 aromatic carbocycles. The van der Waals surface area contributed by atoms with E-state index in [4.69, 9.17) is 4.74 Å². The summed E-state index contributed by atoms with van der Waals surface area (Å²) in [4.78, 5) is 16.0. The van der Waals surface area contributed by atoms with Gasteiger partial charge in [0, 0.05) is 44.3 Å². The van der Waals surface area contributed by atoms with Crippen LogP contribution >= 0.6 is 0 Å². The summed E-state index contributed by atoms with van der Waals surface area (Å²) >= 11 is 0. The molecular weight excluding hydrogens is 242 g/mol. The van der Waals surface area contributed by atoms with E-state index < -0.39 is 0 Å². The molecule has 2 aliphatic rings. The molecule has 0 aromatic rings. The third kappa shape index (κ3) is 3.83. The van der Waals surface area contributed by atoms with Crippen molar-refractivity contribution in [1.82, 2.24) is 15.1 Å². The number of rotatable bonds is 2. The normalized spacial score (nSPS) is 28.2. The second kappa shape index (κ2) is 6.09. The lowest BCUT2D eigenvalue weighted by atomic mass is 9.90. The van der Waals surface area contributed by atoms with Gasteiger partial charge in [-0.3, -0.25) is 4.90 Å². The number of amides is 1. The highest BCUT2D eigenvalue weighted by molar-refractivity contribution is 5.67. The molecule has 0 radical (unpaired) electrons. The van der Waals surface area contributed by atoms with Gasteiger partial charge in [0.1, 0.15) is 0 Å². The number of ether oxygens (including phenoxy) is 1. The molecule has 1 N–H and O–H groups in total. The topological polar surface area (TPSA) is 44.8 Å². The molecule has 1 atom stereocenters. The van der Waals surface area contributed by atoms with Crippen LogP contribution < -0.4 is 5.32 Å². The number of piperidine rings is 1. The zero-order chi connectivity index (χ0) is 13.9. The molecule has 2 aliphatic heterocycles. The Morgan fingerprint density at radius 3 is 2.53 bits per heavy atom. The van der Waals surface area contributed by atoms with Crippen LogP contribution in [0.2, 0.25) is 0 Å². The fourth-order valence-corrected chi connectivity index (χ4v) is 2.91. The summed E-state index contributed by atoms with van der Waals surface area (Å²) in [5, 5.41) is 3.61. The van der Waals surface area contributed by atoms with Crippen molar-refractivity contribution in [2.45, 2.75) is 45.2 Å². The molecule has 1 unspecified atom stereocenters. The Morgan fingerprint density at radius 1 is 1.32 bits per heavy atom. The summed E-state index contributed by atoms with van der Waals surface area (Å²) in [7, 11) is 0. The average Bonchev–Trinajstić information content (AvgIpc) is 2.39. The van der Waals surface area contributed by atoms with Crippen molar-refractivity contribution in [2.75, 3.05) is 39.3 Å². The van der Waals surface area contributed by atoms with Gasteiger partial charge in [-0.25, -0.2) is 4.79 Å². The molecule has 2 rings (SSSR count). The maximum Gasteiger partial charge on any atom is 0.409 e. The molecule has 0 bridgehead atoms. The van der Waals surface area contributed by atoms with Crippen LogP contribution in [0.4, 0.5) is 4.79 Å². The minimum absolute atomic E-state index is 0.162. The highest BCUT2D eigenvalue weighted by Crippen LogP contribution is 2.22. The van der Waals surface area contributed by atoms with Crippen LogP contribution in [-0.2, 0) is 4.74 Å². The lowest BCUT2D eigenvalue weighted by Crippen LogP contribution is -2.58. The van der Waals surface area contributed by atoms with E-state index in [2.05, 4.69) is 24.1 Å². The second-order valence-electron chi connectivity index (χ2n) is 6.18. The Labute approximate surface area is 116 Å². The van der Waals surface area contributed by atoms with Crippen LogP contribution in [0.3, 0.4) is 0 Å². The first kappa shape index (κ1) is 14.6. The number of hydrogen-bond acceptors (Lipinski definition) is 4. The molecule has 2 fully saturated rings. The van der Waals surface area contributed by atoms with Gasteiger partial charge in [-0.15, -0.1) is 0 Å². The van der Waals surface area contributed by atoms with Gasteiger partial charge in [0.05, 0.1) is 6.61 Å². The van der Waals surface area contributed by atoms with Gasteiger partial charge in [-0.2, -0.15) is 0 Å². The van der Waals surface area contributed by atoms with Gasteiger partial charge in [-0.1, -0.05) is 0 Å². The van der Waals surface area contributed by atoms with Crippen LogP contribution in [-0.4, -0.2) is 66.8 Å². The maximum atomic E-state index is 11.6. The Balaban J connectivity index is 1.76. The van der Waals surface area contributed by atoms with Gasteiger partial charge in [0.15, 0.2) is 0 Å². The predicted octanol–water partition coefficient (Wildman–Crippen LogP) is 1.29. The van der Waals surface area contributed by atoms with Gasteiger partial charge in [0.25, 0.3) is 0 Å². The van der Waals surface area contributed by atoms with E-state index in [-0.39, 0.29) is 11.6 Å². The smallest absolute Gasteiger partial charge is 0.409 e. The van der Waals surface area contributed by atoms with Crippen LogP contribution in [0, 0.1) is 0 Å². The molecule has 0 spiro atoms. The van der Waals surface area contributed by atoms with Crippen molar-refractivity contribution >= 4 is 6.09 Å². The largest absolute Gasteiger partial charge is 0.450 e. The Bertz CT molecular complexity index is 302. The van der Waals surface area contributed by atoms with Crippen LogP contribution in [0.1, 0.15) is 33.6 Å². The van der Waals surface area contributed by atoms with Crippen molar-refractivity contribution in [3.05, 3.63) is 0 Å². The SMILES string of the molecule is CCOC(=O)N1CCN(C2CCC(C)(C)NC2)CC1. The van der Waals surface area contributed by atoms with Crippen LogP contribution in [0.15, 0.2) is 0 Å². The number of nitrogens with zero attached hydrogens (tertiary/aromatic N) is 2. The highest BCUT2D eigenvalue weighted by atomic mass is 16.6. The summed E-state index contributed by atoms with van der Waals surface area (Å²) in [6, 6.07) is 0.623. The zero-order valence-electron chi connectivity index (χ0n) is 12.4. The van der Waals surface area contributed by atoms with Crippen LogP contribution in [0.5, 0.6) is 0 Å². The van der Waals surface area contributed by atoms with Gasteiger partial charge in [-0.05, 0) is 33.6 Å². The van der Waals surface area contributed by atoms with Gasteiger partial charge in [0.2, 0.25) is 0 Å². The van der Waals surface area contributed by atoms with Gasteiger partial charge >= 0.3 is 6.09 Å². The summed E-state index contributed by atoms with van der Waals surface area (Å²) in [6.45, 7) is 11.4. The third-order valence-corrected chi connectivity index (χ3v) is 4.28. The van der Waals surface area contributed by atoms with Crippen molar-refractivity contribution in [3.63, 3.8) is 0 Å². The quantitative estimate of drug-likeness (QED) is 0.820. The zero-order valence-corrected chi connectivity index (χ0v) is 12.4. The molecule has 1 amide bonds. The lowest BCUT2D eigenvalue weighted by molar-refractivity contribution is 0.0541. The fourth-order valence-electron chi connectivity index (χ4n) is 2.91. The van der Waals surface area contributed by atoms with Crippen molar-refractivity contribution in [3.8, 4) is 0 Å². The summed E-state index contributed by atoms with van der Waals surface area (Å²) in [5.41, 5.74) is 0.281. The maximum absolute atomic E-state index is 11.6. The molecule has 2 heterocycles. The van der Waals surface area contributed by atoms with E-state index in [1.807, 2.05) is 11.8 Å². The third-order valence-electron chi connectivity index (χ3n) is 4.28. The van der Waals surface area contributed by atoms with E-state index in [0.717, 1.165) is 32.7 Å². The molecule has 2 saturated heterocycles. The summed E-state index contributed by atoms with van der Waals surface area (Å²) in [5.74, 6) is 0. The molecule has 0 saturated carbocycles. The summed E-state index contributed by atoms with van der Waals surface area (Å²) in [6.07, 6.45) is 2.31. The van der Waals surface area contributed by atoms with Crippen molar-refractivity contribution in [2.24, 2.45) is 0 Å². The molecule has 0 aromatic heterocycles.